The number of piperazine rings is 1. The Kier molecular flexibility index (Phi) is 5.24. The van der Waals surface area contributed by atoms with Crippen LogP contribution in [0.5, 0.6) is 0 Å². The number of amides is 2. The first-order valence-corrected chi connectivity index (χ1v) is 11.0. The van der Waals surface area contributed by atoms with Crippen LogP contribution in [0.3, 0.4) is 0 Å². The number of nitrogens with one attached hydrogen (secondary N) is 2. The van der Waals surface area contributed by atoms with Gasteiger partial charge in [-0.3, -0.25) is 19.2 Å². The zero-order chi connectivity index (χ0) is 23.3. The Bertz CT molecular complexity index is 1260. The molecule has 2 amide bonds. The van der Waals surface area contributed by atoms with Crippen LogP contribution in [-0.2, 0) is 11.3 Å². The van der Waals surface area contributed by atoms with Gasteiger partial charge in [0.2, 0.25) is 11.9 Å². The van der Waals surface area contributed by atoms with Crippen molar-refractivity contribution in [1.29, 1.82) is 0 Å². The number of benzene rings is 1. The summed E-state index contributed by atoms with van der Waals surface area (Å²) in [5.74, 6) is -1.10. The number of carbonyl (C=O) groups excluding carboxylic acids is 2. The van der Waals surface area contributed by atoms with E-state index in [-0.39, 0.29) is 17.6 Å². The van der Waals surface area contributed by atoms with Gasteiger partial charge in [-0.1, -0.05) is 0 Å². The van der Waals surface area contributed by atoms with E-state index in [1.165, 1.54) is 7.05 Å². The van der Waals surface area contributed by atoms with Crippen LogP contribution in [0.15, 0.2) is 24.3 Å². The van der Waals surface area contributed by atoms with E-state index in [4.69, 9.17) is 0 Å². The lowest BCUT2D eigenvalue weighted by Crippen LogP contribution is -2.46. The van der Waals surface area contributed by atoms with Gasteiger partial charge in [0, 0.05) is 45.2 Å². The maximum atomic E-state index is 14.5. The molecule has 1 fully saturated rings. The number of aromatic nitrogens is 3. The molecule has 9 nitrogen and oxygen atoms in total. The molecule has 1 atom stereocenters. The van der Waals surface area contributed by atoms with Crippen molar-refractivity contribution in [1.82, 2.24) is 25.0 Å². The summed E-state index contributed by atoms with van der Waals surface area (Å²) < 4.78 is 16.3. The second-order valence-electron chi connectivity index (χ2n) is 8.58. The van der Waals surface area contributed by atoms with E-state index in [0.29, 0.717) is 18.8 Å². The number of pyridine rings is 1. The average Bonchev–Trinajstić information content (AvgIpc) is 3.14. The van der Waals surface area contributed by atoms with Crippen molar-refractivity contribution in [3.63, 3.8) is 0 Å². The van der Waals surface area contributed by atoms with Gasteiger partial charge in [0.25, 0.3) is 5.91 Å². The fraction of sp³-hybridized carbons (Fsp3) is 0.391. The lowest BCUT2D eigenvalue weighted by Gasteiger charge is -2.36. The molecule has 2 aliphatic rings. The lowest BCUT2D eigenvalue weighted by molar-refractivity contribution is -0.119. The van der Waals surface area contributed by atoms with Gasteiger partial charge in [0.15, 0.2) is 0 Å². The summed E-state index contributed by atoms with van der Waals surface area (Å²) in [4.78, 5) is 32.1. The first-order chi connectivity index (χ1) is 15.9. The molecule has 172 valence electrons. The molecule has 0 unspecified atom stereocenters. The topological polar surface area (TPSA) is 95.4 Å². The van der Waals surface area contributed by atoms with Crippen molar-refractivity contribution in [2.45, 2.75) is 26.4 Å². The van der Waals surface area contributed by atoms with Gasteiger partial charge >= 0.3 is 0 Å². The Morgan fingerprint density at radius 1 is 1.24 bits per heavy atom. The molecule has 3 aromatic rings. The third-order valence-electron chi connectivity index (χ3n) is 6.46. The zero-order valence-corrected chi connectivity index (χ0v) is 18.9. The number of hydrogen-bond donors (Lipinski definition) is 2. The van der Waals surface area contributed by atoms with E-state index in [0.717, 1.165) is 47.5 Å². The van der Waals surface area contributed by atoms with Crippen LogP contribution in [0.1, 0.15) is 34.7 Å². The Balaban J connectivity index is 1.30. The number of anilines is 2. The summed E-state index contributed by atoms with van der Waals surface area (Å²) in [5.41, 5.74) is 4.26. The minimum Gasteiger partial charge on any atom is -0.365 e. The molecule has 2 aromatic heterocycles. The van der Waals surface area contributed by atoms with Gasteiger partial charge in [0.05, 0.1) is 22.6 Å². The number of carbonyl (C=O) groups is 2. The SMILES string of the molecule is CNC(=O)c1ccc(N2CCN(Cc3cc4c5c(c3)c(C)nn5[C@@H](C)C(=O)N4)CC2)c(F)n1. The van der Waals surface area contributed by atoms with Crippen molar-refractivity contribution in [2.24, 2.45) is 0 Å². The van der Waals surface area contributed by atoms with Crippen molar-refractivity contribution in [2.75, 3.05) is 43.4 Å². The normalized spacial score (nSPS) is 18.5. The van der Waals surface area contributed by atoms with Crippen LogP contribution in [0, 0.1) is 12.9 Å². The second kappa shape index (κ2) is 8.11. The smallest absolute Gasteiger partial charge is 0.269 e. The summed E-state index contributed by atoms with van der Waals surface area (Å²) in [6.07, 6.45) is 0. The van der Waals surface area contributed by atoms with E-state index < -0.39 is 11.9 Å². The van der Waals surface area contributed by atoms with E-state index in [9.17, 15) is 14.0 Å². The molecule has 2 N–H and O–H groups in total. The summed E-state index contributed by atoms with van der Waals surface area (Å²) in [6, 6.07) is 7.01. The van der Waals surface area contributed by atoms with Gasteiger partial charge < -0.3 is 15.5 Å². The number of aryl methyl sites for hydroxylation is 1. The maximum Gasteiger partial charge on any atom is 0.269 e. The van der Waals surface area contributed by atoms with Crippen molar-refractivity contribution < 1.29 is 14.0 Å². The predicted molar refractivity (Wildman–Crippen MR) is 123 cm³/mol. The van der Waals surface area contributed by atoms with E-state index in [1.54, 1.807) is 16.8 Å². The van der Waals surface area contributed by atoms with Gasteiger partial charge in [-0.15, -0.1) is 0 Å². The monoisotopic (exact) mass is 451 g/mol. The maximum absolute atomic E-state index is 14.5. The molecule has 1 aromatic carbocycles. The van der Waals surface area contributed by atoms with E-state index in [1.807, 2.05) is 24.8 Å². The molecule has 0 bridgehead atoms. The molecule has 33 heavy (non-hydrogen) atoms. The molecule has 0 saturated carbocycles. The summed E-state index contributed by atoms with van der Waals surface area (Å²) in [6.45, 7) is 7.35. The fourth-order valence-electron chi connectivity index (χ4n) is 4.62. The van der Waals surface area contributed by atoms with Crippen LogP contribution in [0.25, 0.3) is 10.9 Å². The number of nitrogens with zero attached hydrogens (tertiary/aromatic N) is 5. The zero-order valence-electron chi connectivity index (χ0n) is 18.9. The Labute approximate surface area is 190 Å². The van der Waals surface area contributed by atoms with E-state index in [2.05, 4.69) is 31.7 Å². The third kappa shape index (κ3) is 3.70. The Hall–Kier alpha value is -3.53. The van der Waals surface area contributed by atoms with Crippen LogP contribution < -0.4 is 15.5 Å². The fourth-order valence-corrected chi connectivity index (χ4v) is 4.62. The van der Waals surface area contributed by atoms with Gasteiger partial charge in [-0.25, -0.2) is 4.98 Å². The second-order valence-corrected chi connectivity index (χ2v) is 8.58. The molecule has 4 heterocycles. The van der Waals surface area contributed by atoms with Crippen LogP contribution in [-0.4, -0.2) is 64.7 Å². The minimum absolute atomic E-state index is 0.0595. The van der Waals surface area contributed by atoms with Gasteiger partial charge in [0.1, 0.15) is 11.7 Å². The molecule has 0 radical (unpaired) electrons. The molecule has 10 heteroatoms. The van der Waals surface area contributed by atoms with Crippen LogP contribution in [0.2, 0.25) is 0 Å². The molecule has 2 aliphatic heterocycles. The molecular formula is C23H26FN7O2. The van der Waals surface area contributed by atoms with Crippen LogP contribution in [0.4, 0.5) is 15.8 Å². The number of rotatable bonds is 4. The molecule has 0 aliphatic carbocycles. The Morgan fingerprint density at radius 2 is 2.00 bits per heavy atom. The average molecular weight is 452 g/mol. The predicted octanol–water partition coefficient (Wildman–Crippen LogP) is 2.07. The summed E-state index contributed by atoms with van der Waals surface area (Å²) in [7, 11) is 1.49. The number of halogens is 1. The van der Waals surface area contributed by atoms with Crippen molar-refractivity contribution >= 4 is 34.1 Å². The standard InChI is InChI=1S/C23H26FN7O2/c1-13-16-10-15(11-18-20(16)31(28-13)14(2)22(32)27-18)12-29-6-8-30(9-7-29)19-5-4-17(23(33)25-3)26-21(19)24/h4-5,10-11,14H,6-9,12H2,1-3H3,(H,25,33)(H,27,32)/t14-/m0/s1. The first-order valence-electron chi connectivity index (χ1n) is 11.0. The third-order valence-corrected chi connectivity index (χ3v) is 6.46. The molecule has 0 spiro atoms. The van der Waals surface area contributed by atoms with Crippen LogP contribution >= 0.6 is 0 Å². The number of hydrogen-bond acceptors (Lipinski definition) is 6. The van der Waals surface area contributed by atoms with Gasteiger partial charge in [-0.2, -0.15) is 9.49 Å². The largest absolute Gasteiger partial charge is 0.365 e. The highest BCUT2D eigenvalue weighted by Gasteiger charge is 2.28. The summed E-state index contributed by atoms with van der Waals surface area (Å²) in [5, 5.41) is 11.1. The minimum atomic E-state index is -0.633. The van der Waals surface area contributed by atoms with Crippen molar-refractivity contribution in [3.8, 4) is 0 Å². The molecule has 1 saturated heterocycles. The molecule has 5 rings (SSSR count). The summed E-state index contributed by atoms with van der Waals surface area (Å²) >= 11 is 0. The first kappa shape index (κ1) is 21.3. The van der Waals surface area contributed by atoms with E-state index >= 15 is 0 Å². The van der Waals surface area contributed by atoms with Gasteiger partial charge in [-0.05, 0) is 43.7 Å². The highest BCUT2D eigenvalue weighted by Crippen LogP contribution is 2.34. The van der Waals surface area contributed by atoms with Crippen molar-refractivity contribution in [3.05, 3.63) is 47.2 Å². The highest BCUT2D eigenvalue weighted by atomic mass is 19.1. The molecular weight excluding hydrogens is 425 g/mol. The highest BCUT2D eigenvalue weighted by molar-refractivity contribution is 6.06. The quantitative estimate of drug-likeness (QED) is 0.590. The lowest BCUT2D eigenvalue weighted by atomic mass is 10.1. The Morgan fingerprint density at radius 3 is 2.70 bits per heavy atom.